The molecule has 0 aliphatic heterocycles. The second kappa shape index (κ2) is 9.85. The molecule has 2 atom stereocenters. The molecule has 0 aliphatic rings. The van der Waals surface area contributed by atoms with Crippen LogP contribution in [0, 0.1) is 0 Å². The fourth-order valence-electron chi connectivity index (χ4n) is 1.57. The van der Waals surface area contributed by atoms with Gasteiger partial charge in [-0.15, -0.1) is 0 Å². The Morgan fingerprint density at radius 2 is 1.69 bits per heavy atom. The molecule has 0 aromatic rings. The molecule has 0 amide bonds. The maximum atomic E-state index is 10.8. The zero-order valence-corrected chi connectivity index (χ0v) is 13.3. The quantitative estimate of drug-likeness (QED) is 0.332. The van der Waals surface area contributed by atoms with Crippen LogP contribution >= 0.6 is 0 Å². The molecule has 0 saturated carbocycles. The van der Waals surface area contributed by atoms with Crippen LogP contribution in [-0.4, -0.2) is 29.4 Å². The molecule has 0 radical (unpaired) electrons. The number of hydrogen-bond donors (Lipinski definition) is 1. The van der Waals surface area contributed by atoms with Crippen LogP contribution in [0.2, 0.25) is 0 Å². The van der Waals surface area contributed by atoms with Crippen molar-refractivity contribution in [3.63, 3.8) is 0 Å². The molecule has 92 valence electrons. The van der Waals surface area contributed by atoms with E-state index >= 15 is 0 Å². The SMILES string of the molecule is CCCC(CCCCC(C)O)S(=O)(=O)[O-].[Na+]. The maximum Gasteiger partial charge on any atom is 1.00 e. The summed E-state index contributed by atoms with van der Waals surface area (Å²) in [5.74, 6) is 0. The van der Waals surface area contributed by atoms with Crippen molar-refractivity contribution in [3.8, 4) is 0 Å². The van der Waals surface area contributed by atoms with Crippen molar-refractivity contribution in [2.45, 2.75) is 63.7 Å². The molecule has 16 heavy (non-hydrogen) atoms. The van der Waals surface area contributed by atoms with Crippen molar-refractivity contribution < 1.29 is 47.6 Å². The summed E-state index contributed by atoms with van der Waals surface area (Å²) >= 11 is 0. The normalized spacial score (nSPS) is 15.2. The van der Waals surface area contributed by atoms with Gasteiger partial charge >= 0.3 is 29.6 Å². The van der Waals surface area contributed by atoms with Gasteiger partial charge in [-0.3, -0.25) is 0 Å². The van der Waals surface area contributed by atoms with E-state index in [1.54, 1.807) is 6.92 Å². The van der Waals surface area contributed by atoms with E-state index < -0.39 is 15.4 Å². The second-order valence-corrected chi connectivity index (χ2v) is 5.69. The smallest absolute Gasteiger partial charge is 0.748 e. The number of aliphatic hydroxyl groups excluding tert-OH is 1. The van der Waals surface area contributed by atoms with Gasteiger partial charge in [0.15, 0.2) is 0 Å². The molecule has 1 N–H and O–H groups in total. The van der Waals surface area contributed by atoms with Crippen molar-refractivity contribution >= 4 is 10.1 Å². The third-order valence-corrected chi connectivity index (χ3v) is 3.70. The summed E-state index contributed by atoms with van der Waals surface area (Å²) in [7, 11) is -4.14. The minimum absolute atomic E-state index is 0. The van der Waals surface area contributed by atoms with Crippen LogP contribution in [0.25, 0.3) is 0 Å². The van der Waals surface area contributed by atoms with Gasteiger partial charge in [0.05, 0.1) is 16.2 Å². The second-order valence-electron chi connectivity index (χ2n) is 4.04. The van der Waals surface area contributed by atoms with Gasteiger partial charge in [0.1, 0.15) is 0 Å². The van der Waals surface area contributed by atoms with E-state index in [1.165, 1.54) is 0 Å². The van der Waals surface area contributed by atoms with Gasteiger partial charge in [0, 0.05) is 5.25 Å². The Morgan fingerprint density at radius 1 is 1.19 bits per heavy atom. The summed E-state index contributed by atoms with van der Waals surface area (Å²) in [6.07, 6.45) is 3.36. The Labute approximate surface area is 121 Å². The van der Waals surface area contributed by atoms with E-state index in [1.807, 2.05) is 6.92 Å². The van der Waals surface area contributed by atoms with Crippen LogP contribution < -0.4 is 29.6 Å². The third kappa shape index (κ3) is 10.1. The van der Waals surface area contributed by atoms with Crippen molar-refractivity contribution in [2.24, 2.45) is 0 Å². The van der Waals surface area contributed by atoms with Crippen LogP contribution in [0.3, 0.4) is 0 Å². The van der Waals surface area contributed by atoms with Gasteiger partial charge in [-0.2, -0.15) is 0 Å². The number of rotatable bonds is 8. The van der Waals surface area contributed by atoms with E-state index in [0.29, 0.717) is 32.1 Å². The van der Waals surface area contributed by atoms with Crippen LogP contribution in [0.4, 0.5) is 0 Å². The molecule has 0 aromatic heterocycles. The van der Waals surface area contributed by atoms with Gasteiger partial charge in [-0.05, 0) is 26.2 Å². The maximum absolute atomic E-state index is 10.8. The van der Waals surface area contributed by atoms with Gasteiger partial charge in [-0.25, -0.2) is 8.42 Å². The Morgan fingerprint density at radius 3 is 2.06 bits per heavy atom. The van der Waals surface area contributed by atoms with Crippen LogP contribution in [0.1, 0.15) is 52.4 Å². The predicted molar refractivity (Wildman–Crippen MR) is 58.5 cm³/mol. The first-order valence-corrected chi connectivity index (χ1v) is 6.97. The van der Waals surface area contributed by atoms with E-state index in [-0.39, 0.29) is 35.7 Å². The Balaban J connectivity index is 0. The fraction of sp³-hybridized carbons (Fsp3) is 1.00. The van der Waals surface area contributed by atoms with Crippen molar-refractivity contribution in [3.05, 3.63) is 0 Å². The van der Waals surface area contributed by atoms with Crippen molar-refractivity contribution in [1.82, 2.24) is 0 Å². The van der Waals surface area contributed by atoms with Gasteiger partial charge in [0.25, 0.3) is 0 Å². The summed E-state index contributed by atoms with van der Waals surface area (Å²) in [5.41, 5.74) is 0. The van der Waals surface area contributed by atoms with Crippen LogP contribution in [0.15, 0.2) is 0 Å². The monoisotopic (exact) mass is 260 g/mol. The Bertz CT molecular complexity index is 252. The first kappa shape index (κ1) is 19.2. The molecule has 4 nitrogen and oxygen atoms in total. The van der Waals surface area contributed by atoms with E-state index in [4.69, 9.17) is 5.11 Å². The average Bonchev–Trinajstić information content (AvgIpc) is 2.08. The third-order valence-electron chi connectivity index (χ3n) is 2.42. The number of unbranched alkanes of at least 4 members (excludes halogenated alkanes) is 1. The summed E-state index contributed by atoms with van der Waals surface area (Å²) < 4.78 is 32.5. The largest absolute Gasteiger partial charge is 1.00 e. The molecule has 0 aromatic carbocycles. The molecule has 6 heteroatoms. The zero-order valence-electron chi connectivity index (χ0n) is 10.5. The van der Waals surface area contributed by atoms with E-state index in [0.717, 1.165) is 6.42 Å². The van der Waals surface area contributed by atoms with Crippen molar-refractivity contribution in [2.75, 3.05) is 0 Å². The summed E-state index contributed by atoms with van der Waals surface area (Å²) in [4.78, 5) is 0. The van der Waals surface area contributed by atoms with E-state index in [9.17, 15) is 13.0 Å². The first-order valence-electron chi connectivity index (χ1n) is 5.50. The average molecular weight is 260 g/mol. The summed E-state index contributed by atoms with van der Waals surface area (Å²) in [6, 6.07) is 0. The molecule has 0 saturated heterocycles. The summed E-state index contributed by atoms with van der Waals surface area (Å²) in [6.45, 7) is 3.57. The van der Waals surface area contributed by atoms with Gasteiger partial charge in [0.2, 0.25) is 0 Å². The van der Waals surface area contributed by atoms with E-state index in [2.05, 4.69) is 0 Å². The first-order chi connectivity index (χ1) is 6.88. The molecule has 0 aliphatic carbocycles. The Hall–Kier alpha value is 0.870. The number of hydrogen-bond acceptors (Lipinski definition) is 4. The van der Waals surface area contributed by atoms with Gasteiger partial charge < -0.3 is 9.66 Å². The van der Waals surface area contributed by atoms with Crippen LogP contribution in [0.5, 0.6) is 0 Å². The number of aliphatic hydroxyl groups is 1. The zero-order chi connectivity index (χ0) is 11.9. The van der Waals surface area contributed by atoms with Crippen molar-refractivity contribution in [1.29, 1.82) is 0 Å². The molecule has 0 bridgehead atoms. The van der Waals surface area contributed by atoms with Crippen LogP contribution in [-0.2, 0) is 10.1 Å². The molecule has 2 unspecified atom stereocenters. The molecular weight excluding hydrogens is 239 g/mol. The molecule has 0 spiro atoms. The predicted octanol–water partition coefficient (Wildman–Crippen LogP) is -1.35. The molecular formula is C10H21NaO4S. The molecule has 0 fully saturated rings. The summed E-state index contributed by atoms with van der Waals surface area (Å²) in [5, 5.41) is 8.26. The fourth-order valence-corrected chi connectivity index (χ4v) is 2.55. The molecule has 0 rings (SSSR count). The minimum Gasteiger partial charge on any atom is -0.748 e. The van der Waals surface area contributed by atoms with Gasteiger partial charge in [-0.1, -0.05) is 26.2 Å². The minimum atomic E-state index is -4.14. The molecule has 0 heterocycles. The topological polar surface area (TPSA) is 77.4 Å². The Kier molecular flexibility index (Phi) is 11.8. The standard InChI is InChI=1S/C10H22O4S.Na/c1-3-6-10(15(12,13)14)8-5-4-7-9(2)11;/h9-11H,3-8H2,1-2H3,(H,12,13,14);/q;+1/p-1.